The number of benzene rings is 1. The van der Waals surface area contributed by atoms with Gasteiger partial charge in [-0.15, -0.1) is 0 Å². The summed E-state index contributed by atoms with van der Waals surface area (Å²) in [5.74, 6) is -0.672. The minimum atomic E-state index is -0.980. The van der Waals surface area contributed by atoms with E-state index in [1.54, 1.807) is 6.07 Å². The number of Topliss-reactive ketones (excluding diaryl/α,β-unsaturated/α-hetero) is 1. The normalized spacial score (nSPS) is 13.3. The number of nitrogens with two attached hydrogens (primary N) is 1. The topological polar surface area (TPSA) is 78.6 Å². The molecule has 0 saturated heterocycles. The highest BCUT2D eigenvalue weighted by Crippen LogP contribution is 2.30. The van der Waals surface area contributed by atoms with Crippen molar-refractivity contribution in [2.45, 2.75) is 0 Å². The number of carbonyl (C=O) groups excluding carboxylic acids is 2. The maximum Gasteiger partial charge on any atom is 0.289 e. The van der Waals surface area contributed by atoms with Crippen molar-refractivity contribution in [3.8, 4) is 11.5 Å². The first-order chi connectivity index (χ1) is 7.18. The van der Waals surface area contributed by atoms with Crippen LogP contribution in [0.1, 0.15) is 10.4 Å². The maximum atomic E-state index is 11.3. The van der Waals surface area contributed by atoms with Crippen molar-refractivity contribution in [1.29, 1.82) is 0 Å². The third kappa shape index (κ3) is 1.76. The van der Waals surface area contributed by atoms with Crippen LogP contribution in [0.2, 0.25) is 0 Å². The van der Waals surface area contributed by atoms with Crippen molar-refractivity contribution >= 4 is 11.7 Å². The Morgan fingerprint density at radius 1 is 1.13 bits per heavy atom. The summed E-state index contributed by atoms with van der Waals surface area (Å²) < 4.78 is 10.5. The smallest absolute Gasteiger partial charge is 0.289 e. The largest absolute Gasteiger partial charge is 0.486 e. The van der Waals surface area contributed by atoms with Gasteiger partial charge in [0.1, 0.15) is 13.2 Å². The highest BCUT2D eigenvalue weighted by molar-refractivity contribution is 6.42. The van der Waals surface area contributed by atoms with Gasteiger partial charge < -0.3 is 15.2 Å². The third-order valence-corrected chi connectivity index (χ3v) is 2.03. The van der Waals surface area contributed by atoms with Crippen molar-refractivity contribution in [1.82, 2.24) is 0 Å². The zero-order valence-electron chi connectivity index (χ0n) is 7.86. The van der Waals surface area contributed by atoms with Crippen LogP contribution in [0, 0.1) is 0 Å². The molecular weight excluding hydrogens is 198 g/mol. The summed E-state index contributed by atoms with van der Waals surface area (Å²) in [4.78, 5) is 21.9. The van der Waals surface area contributed by atoms with Crippen LogP contribution in [-0.4, -0.2) is 24.9 Å². The Hall–Kier alpha value is -2.04. The van der Waals surface area contributed by atoms with Crippen molar-refractivity contribution in [2.75, 3.05) is 13.2 Å². The molecule has 5 heteroatoms. The van der Waals surface area contributed by atoms with Crippen LogP contribution in [0.4, 0.5) is 0 Å². The summed E-state index contributed by atoms with van der Waals surface area (Å²) in [7, 11) is 0. The second kappa shape index (κ2) is 3.61. The van der Waals surface area contributed by atoms with Gasteiger partial charge in [0.15, 0.2) is 11.5 Å². The van der Waals surface area contributed by atoms with Gasteiger partial charge in [-0.1, -0.05) is 0 Å². The number of carbonyl (C=O) groups is 2. The molecule has 0 aromatic heterocycles. The first-order valence-corrected chi connectivity index (χ1v) is 4.42. The predicted molar refractivity (Wildman–Crippen MR) is 51.0 cm³/mol. The zero-order chi connectivity index (χ0) is 10.8. The first-order valence-electron chi connectivity index (χ1n) is 4.42. The van der Waals surface area contributed by atoms with E-state index in [-0.39, 0.29) is 5.56 Å². The Morgan fingerprint density at radius 3 is 2.47 bits per heavy atom. The molecule has 2 rings (SSSR count). The van der Waals surface area contributed by atoms with E-state index < -0.39 is 11.7 Å². The average molecular weight is 207 g/mol. The van der Waals surface area contributed by atoms with Gasteiger partial charge in [0.25, 0.3) is 5.91 Å². The Morgan fingerprint density at radius 2 is 1.80 bits per heavy atom. The van der Waals surface area contributed by atoms with Gasteiger partial charge in [-0.25, -0.2) is 0 Å². The molecule has 0 unspecified atom stereocenters. The van der Waals surface area contributed by atoms with Gasteiger partial charge in [0.2, 0.25) is 5.78 Å². The summed E-state index contributed by atoms with van der Waals surface area (Å²) in [5, 5.41) is 0. The maximum absolute atomic E-state index is 11.3. The lowest BCUT2D eigenvalue weighted by atomic mass is 10.1. The molecule has 2 N–H and O–H groups in total. The standard InChI is InChI=1S/C10H9NO4/c11-10(13)9(12)6-1-2-7-8(5-6)15-4-3-14-7/h1-2,5H,3-4H2,(H2,11,13). The van der Waals surface area contributed by atoms with Crippen molar-refractivity contribution in [3.63, 3.8) is 0 Å². The Labute approximate surface area is 85.8 Å². The second-order valence-corrected chi connectivity index (χ2v) is 3.05. The predicted octanol–water partition coefficient (Wildman–Crippen LogP) is 0.126. The Bertz CT molecular complexity index is 427. The molecule has 15 heavy (non-hydrogen) atoms. The van der Waals surface area contributed by atoms with E-state index in [2.05, 4.69) is 0 Å². The minimum Gasteiger partial charge on any atom is -0.486 e. The van der Waals surface area contributed by atoms with Crippen LogP contribution < -0.4 is 15.2 Å². The minimum absolute atomic E-state index is 0.215. The lowest BCUT2D eigenvalue weighted by molar-refractivity contribution is -0.114. The van der Waals surface area contributed by atoms with E-state index in [0.29, 0.717) is 24.7 Å². The lowest BCUT2D eigenvalue weighted by Gasteiger charge is -2.18. The zero-order valence-corrected chi connectivity index (χ0v) is 7.86. The quantitative estimate of drug-likeness (QED) is 0.552. The number of ketones is 1. The number of amides is 1. The summed E-state index contributed by atoms with van der Waals surface area (Å²) in [6.07, 6.45) is 0. The molecule has 0 fully saturated rings. The number of hydrogen-bond acceptors (Lipinski definition) is 4. The van der Waals surface area contributed by atoms with Crippen LogP contribution in [0.15, 0.2) is 18.2 Å². The van der Waals surface area contributed by atoms with Crippen molar-refractivity contribution in [2.24, 2.45) is 5.73 Å². The summed E-state index contributed by atoms with van der Waals surface area (Å²) in [5.41, 5.74) is 5.10. The molecule has 0 spiro atoms. The van der Waals surface area contributed by atoms with Gasteiger partial charge in [-0.2, -0.15) is 0 Å². The van der Waals surface area contributed by atoms with Crippen LogP contribution >= 0.6 is 0 Å². The molecule has 1 aromatic rings. The fourth-order valence-corrected chi connectivity index (χ4v) is 1.33. The molecular formula is C10H9NO4. The van der Waals surface area contributed by atoms with Gasteiger partial charge in [0.05, 0.1) is 0 Å². The van der Waals surface area contributed by atoms with E-state index in [1.807, 2.05) is 0 Å². The number of rotatable bonds is 2. The Balaban J connectivity index is 2.36. The number of ether oxygens (including phenoxy) is 2. The molecule has 1 amide bonds. The van der Waals surface area contributed by atoms with Gasteiger partial charge in [-0.05, 0) is 18.2 Å². The molecule has 1 aliphatic heterocycles. The first kappa shape index (κ1) is 9.51. The van der Waals surface area contributed by atoms with Crippen LogP contribution in [0.5, 0.6) is 11.5 Å². The van der Waals surface area contributed by atoms with Gasteiger partial charge >= 0.3 is 0 Å². The monoisotopic (exact) mass is 207 g/mol. The number of hydrogen-bond donors (Lipinski definition) is 1. The number of fused-ring (bicyclic) bond motifs is 1. The van der Waals surface area contributed by atoms with E-state index in [1.165, 1.54) is 12.1 Å². The van der Waals surface area contributed by atoms with Crippen molar-refractivity contribution < 1.29 is 19.1 Å². The molecule has 1 aliphatic rings. The molecule has 0 saturated carbocycles. The molecule has 1 heterocycles. The van der Waals surface area contributed by atoms with Crippen LogP contribution in [0.25, 0.3) is 0 Å². The molecule has 0 bridgehead atoms. The summed E-state index contributed by atoms with van der Waals surface area (Å²) in [6, 6.07) is 4.53. The summed E-state index contributed by atoms with van der Waals surface area (Å²) in [6.45, 7) is 0.914. The Kier molecular flexibility index (Phi) is 2.29. The van der Waals surface area contributed by atoms with Crippen molar-refractivity contribution in [3.05, 3.63) is 23.8 Å². The molecule has 5 nitrogen and oxygen atoms in total. The number of primary amides is 1. The second-order valence-electron chi connectivity index (χ2n) is 3.05. The van der Waals surface area contributed by atoms with Gasteiger partial charge in [-0.3, -0.25) is 9.59 Å². The molecule has 1 aromatic carbocycles. The van der Waals surface area contributed by atoms with E-state index >= 15 is 0 Å². The third-order valence-electron chi connectivity index (χ3n) is 2.03. The lowest BCUT2D eigenvalue weighted by Crippen LogP contribution is -2.23. The SMILES string of the molecule is NC(=O)C(=O)c1ccc2c(c1)OCCO2. The fraction of sp³-hybridized carbons (Fsp3) is 0.200. The molecule has 0 atom stereocenters. The molecule has 0 aliphatic carbocycles. The van der Waals surface area contributed by atoms with Crippen LogP contribution in [-0.2, 0) is 4.79 Å². The summed E-state index contributed by atoms with van der Waals surface area (Å²) >= 11 is 0. The fourth-order valence-electron chi connectivity index (χ4n) is 1.33. The molecule has 78 valence electrons. The van der Waals surface area contributed by atoms with E-state index in [0.717, 1.165) is 0 Å². The van der Waals surface area contributed by atoms with Gasteiger partial charge in [0, 0.05) is 5.56 Å². The highest BCUT2D eigenvalue weighted by Gasteiger charge is 2.17. The highest BCUT2D eigenvalue weighted by atomic mass is 16.6. The molecule has 0 radical (unpaired) electrons. The van der Waals surface area contributed by atoms with E-state index in [4.69, 9.17) is 15.2 Å². The average Bonchev–Trinajstić information content (AvgIpc) is 2.27. The van der Waals surface area contributed by atoms with E-state index in [9.17, 15) is 9.59 Å². The van der Waals surface area contributed by atoms with Crippen LogP contribution in [0.3, 0.4) is 0 Å².